The van der Waals surface area contributed by atoms with E-state index in [0.717, 1.165) is 6.42 Å². The quantitative estimate of drug-likeness (QED) is 0.569. The number of carbonyl (C=O) groups excluding carboxylic acids is 1. The minimum Gasteiger partial charge on any atom is -0.293 e. The molecule has 0 unspecified atom stereocenters. The van der Waals surface area contributed by atoms with Gasteiger partial charge in [-0.05, 0) is 12.0 Å². The maximum atomic E-state index is 11.8. The third-order valence-corrected chi connectivity index (χ3v) is 4.68. The van der Waals surface area contributed by atoms with Gasteiger partial charge in [0.2, 0.25) is 0 Å². The van der Waals surface area contributed by atoms with Crippen molar-refractivity contribution in [2.45, 2.75) is 13.3 Å². The van der Waals surface area contributed by atoms with Crippen LogP contribution in [0.3, 0.4) is 0 Å². The minimum atomic E-state index is -2.93. The van der Waals surface area contributed by atoms with Crippen molar-refractivity contribution >= 4 is 27.4 Å². The average Bonchev–Trinajstić information content (AvgIpc) is 2.33. The Morgan fingerprint density at radius 1 is 1.22 bits per heavy atom. The molecule has 3 nitrogen and oxygen atoms in total. The molecule has 1 aromatic carbocycles. The Hall–Kier alpha value is -0.810. The fourth-order valence-corrected chi connectivity index (χ4v) is 3.56. The zero-order chi connectivity index (χ0) is 13.6. The molecule has 18 heavy (non-hydrogen) atoms. The van der Waals surface area contributed by atoms with Gasteiger partial charge in [-0.15, -0.1) is 0 Å². The molecule has 0 saturated heterocycles. The van der Waals surface area contributed by atoms with Crippen LogP contribution in [0.4, 0.5) is 0 Å². The molecule has 0 aliphatic heterocycles. The Labute approximate surface area is 113 Å². The molecule has 0 radical (unpaired) electrons. The topological polar surface area (TPSA) is 51.2 Å². The van der Waals surface area contributed by atoms with E-state index >= 15 is 0 Å². The van der Waals surface area contributed by atoms with Gasteiger partial charge in [0.05, 0.1) is 11.5 Å². The van der Waals surface area contributed by atoms with Gasteiger partial charge < -0.3 is 0 Å². The number of aryl methyl sites for hydroxylation is 1. The number of hydrogen-bond acceptors (Lipinski definition) is 4. The molecule has 0 aliphatic rings. The van der Waals surface area contributed by atoms with Crippen LogP contribution < -0.4 is 0 Å². The van der Waals surface area contributed by atoms with E-state index in [1.165, 1.54) is 23.6 Å². The first kappa shape index (κ1) is 15.2. The zero-order valence-corrected chi connectivity index (χ0v) is 12.3. The normalized spacial score (nSPS) is 11.4. The molecule has 0 aliphatic carbocycles. The minimum absolute atomic E-state index is 0.0520. The van der Waals surface area contributed by atoms with E-state index in [9.17, 15) is 13.2 Å². The number of hydrogen-bond donors (Lipinski definition) is 0. The molecule has 1 rings (SSSR count). The summed E-state index contributed by atoms with van der Waals surface area (Å²) in [5.74, 6) is 0.981. The highest BCUT2D eigenvalue weighted by atomic mass is 32.2. The van der Waals surface area contributed by atoms with Gasteiger partial charge in [0.25, 0.3) is 0 Å². The number of thioether (sulfide) groups is 1. The van der Waals surface area contributed by atoms with Crippen molar-refractivity contribution in [3.8, 4) is 0 Å². The second-order valence-corrected chi connectivity index (χ2v) is 7.52. The molecule has 0 saturated carbocycles. The van der Waals surface area contributed by atoms with Crippen LogP contribution in [0, 0.1) is 0 Å². The molecule has 0 spiro atoms. The van der Waals surface area contributed by atoms with Gasteiger partial charge in [0, 0.05) is 17.6 Å². The smallest absolute Gasteiger partial charge is 0.172 e. The molecule has 0 bridgehead atoms. The van der Waals surface area contributed by atoms with Gasteiger partial charge in [0.15, 0.2) is 5.78 Å². The zero-order valence-electron chi connectivity index (χ0n) is 10.7. The summed E-state index contributed by atoms with van der Waals surface area (Å²) < 4.78 is 21.8. The Morgan fingerprint density at radius 3 is 2.33 bits per heavy atom. The third-order valence-electron chi connectivity index (χ3n) is 2.52. The molecule has 5 heteroatoms. The Balaban J connectivity index is 2.40. The van der Waals surface area contributed by atoms with E-state index in [-0.39, 0.29) is 11.5 Å². The Kier molecular flexibility index (Phi) is 5.88. The lowest BCUT2D eigenvalue weighted by atomic mass is 10.1. The van der Waals surface area contributed by atoms with Crippen LogP contribution in [-0.4, -0.2) is 37.7 Å². The summed E-state index contributed by atoms with van der Waals surface area (Å²) in [6.45, 7) is 2.07. The summed E-state index contributed by atoms with van der Waals surface area (Å²) in [6.07, 6.45) is 2.16. The van der Waals surface area contributed by atoms with E-state index in [4.69, 9.17) is 0 Å². The van der Waals surface area contributed by atoms with Crippen LogP contribution in [-0.2, 0) is 16.3 Å². The molecule has 1 aromatic rings. The van der Waals surface area contributed by atoms with E-state index in [1.54, 1.807) is 0 Å². The molecule has 0 fully saturated rings. The van der Waals surface area contributed by atoms with E-state index < -0.39 is 9.84 Å². The van der Waals surface area contributed by atoms with Crippen molar-refractivity contribution in [1.29, 1.82) is 0 Å². The first-order valence-corrected chi connectivity index (χ1v) is 9.01. The molecule has 0 N–H and O–H groups in total. The first-order valence-electron chi connectivity index (χ1n) is 5.80. The number of ketones is 1. The first-order chi connectivity index (χ1) is 8.42. The van der Waals surface area contributed by atoms with Gasteiger partial charge in [-0.1, -0.05) is 31.2 Å². The van der Waals surface area contributed by atoms with E-state index in [2.05, 4.69) is 6.92 Å². The van der Waals surface area contributed by atoms with Crippen LogP contribution in [0.2, 0.25) is 0 Å². The van der Waals surface area contributed by atoms with Crippen LogP contribution in [0.1, 0.15) is 22.8 Å². The highest BCUT2D eigenvalue weighted by Crippen LogP contribution is 2.10. The molecule has 0 heterocycles. The van der Waals surface area contributed by atoms with Gasteiger partial charge in [-0.25, -0.2) is 8.42 Å². The van der Waals surface area contributed by atoms with Crippen molar-refractivity contribution in [3.05, 3.63) is 35.4 Å². The third kappa shape index (κ3) is 5.69. The number of rotatable bonds is 7. The lowest BCUT2D eigenvalue weighted by Gasteiger charge is -2.02. The van der Waals surface area contributed by atoms with Crippen LogP contribution in [0.15, 0.2) is 24.3 Å². The Bertz CT molecular complexity index is 489. The Morgan fingerprint density at radius 2 is 1.83 bits per heavy atom. The second kappa shape index (κ2) is 6.95. The van der Waals surface area contributed by atoms with Crippen molar-refractivity contribution in [2.24, 2.45) is 0 Å². The molecule has 0 atom stereocenters. The predicted octanol–water partition coefficient (Wildman–Crippen LogP) is 2.21. The van der Waals surface area contributed by atoms with Crippen molar-refractivity contribution in [1.82, 2.24) is 0 Å². The van der Waals surface area contributed by atoms with Gasteiger partial charge in [-0.2, -0.15) is 11.8 Å². The molecule has 0 amide bonds. The largest absolute Gasteiger partial charge is 0.293 e. The maximum absolute atomic E-state index is 11.8. The summed E-state index contributed by atoms with van der Waals surface area (Å²) in [4.78, 5) is 11.8. The monoisotopic (exact) mass is 286 g/mol. The lowest BCUT2D eigenvalue weighted by molar-refractivity contribution is 0.102. The molecule has 0 aromatic heterocycles. The van der Waals surface area contributed by atoms with E-state index in [0.29, 0.717) is 17.1 Å². The highest BCUT2D eigenvalue weighted by Gasteiger charge is 2.07. The van der Waals surface area contributed by atoms with Crippen molar-refractivity contribution in [3.63, 3.8) is 0 Å². The van der Waals surface area contributed by atoms with Gasteiger partial charge in [-0.3, -0.25) is 4.79 Å². The summed E-state index contributed by atoms with van der Waals surface area (Å²) >= 11 is 1.36. The van der Waals surface area contributed by atoms with Gasteiger partial charge >= 0.3 is 0 Å². The molecule has 100 valence electrons. The number of sulfone groups is 1. The standard InChI is InChI=1S/C13H18O3S2/c1-3-11-4-6-12(7-5-11)13(14)10-17-8-9-18(2,15)16/h4-7H,3,8-10H2,1-2H3. The van der Waals surface area contributed by atoms with Gasteiger partial charge in [0.1, 0.15) is 9.84 Å². The fraction of sp³-hybridized carbons (Fsp3) is 0.462. The number of carbonyl (C=O) groups is 1. The maximum Gasteiger partial charge on any atom is 0.172 e. The summed E-state index contributed by atoms with van der Waals surface area (Å²) in [7, 11) is -2.93. The summed E-state index contributed by atoms with van der Waals surface area (Å²) in [6, 6.07) is 7.57. The number of Topliss-reactive ketones (excluding diaryl/α,β-unsaturated/α-hetero) is 1. The van der Waals surface area contributed by atoms with Crippen LogP contribution >= 0.6 is 11.8 Å². The van der Waals surface area contributed by atoms with Crippen LogP contribution in [0.25, 0.3) is 0 Å². The van der Waals surface area contributed by atoms with E-state index in [1.807, 2.05) is 24.3 Å². The average molecular weight is 286 g/mol. The fourth-order valence-electron chi connectivity index (χ4n) is 1.38. The van der Waals surface area contributed by atoms with Crippen molar-refractivity contribution < 1.29 is 13.2 Å². The number of benzene rings is 1. The molecular formula is C13H18O3S2. The van der Waals surface area contributed by atoms with Crippen molar-refractivity contribution in [2.75, 3.05) is 23.5 Å². The highest BCUT2D eigenvalue weighted by molar-refractivity contribution is 8.01. The second-order valence-electron chi connectivity index (χ2n) is 4.16. The predicted molar refractivity (Wildman–Crippen MR) is 77.2 cm³/mol. The summed E-state index contributed by atoms with van der Waals surface area (Å²) in [5, 5.41) is 0. The van der Waals surface area contributed by atoms with Crippen LogP contribution in [0.5, 0.6) is 0 Å². The molecular weight excluding hydrogens is 268 g/mol. The SMILES string of the molecule is CCc1ccc(C(=O)CSCCS(C)(=O)=O)cc1. The summed E-state index contributed by atoms with van der Waals surface area (Å²) in [5.41, 5.74) is 1.90. The lowest BCUT2D eigenvalue weighted by Crippen LogP contribution is -2.08.